The molecule has 3 rings (SSSR count). The van der Waals surface area contributed by atoms with E-state index in [2.05, 4.69) is 64.3 Å². The largest absolute Gasteiger partial charge is 0.382 e. The van der Waals surface area contributed by atoms with E-state index in [1.54, 1.807) is 0 Å². The van der Waals surface area contributed by atoms with E-state index in [0.717, 1.165) is 5.02 Å². The molecule has 1 N–H and O–H groups in total. The van der Waals surface area contributed by atoms with Crippen LogP contribution in [0.1, 0.15) is 24.3 Å². The Hall–Kier alpha value is -0.740. The normalized spacial score (nSPS) is 21.8. The molecule has 0 aliphatic heterocycles. The summed E-state index contributed by atoms with van der Waals surface area (Å²) >= 11 is 8.38. The lowest BCUT2D eigenvalue weighted by Crippen LogP contribution is -2.33. The van der Waals surface area contributed by atoms with Crippen LogP contribution in [0.5, 0.6) is 0 Å². The summed E-state index contributed by atoms with van der Waals surface area (Å²) in [6, 6.07) is 17.4. The lowest BCUT2D eigenvalue weighted by atomic mass is 9.76. The van der Waals surface area contributed by atoms with Gasteiger partial charge >= 0.3 is 0 Å². The maximum absolute atomic E-state index is 6.04. The molecule has 19 heavy (non-hydrogen) atoms. The molecule has 1 aliphatic rings. The maximum Gasteiger partial charge on any atom is 0.0408 e. The van der Waals surface area contributed by atoms with Crippen LogP contribution in [0.2, 0.25) is 5.02 Å². The minimum Gasteiger partial charge on any atom is -0.382 e. The van der Waals surface area contributed by atoms with Crippen molar-refractivity contribution >= 4 is 39.9 Å². The average Bonchev–Trinajstić information content (AvgIpc) is 2.33. The van der Waals surface area contributed by atoms with Crippen molar-refractivity contribution in [1.29, 1.82) is 0 Å². The number of halogens is 2. The molecule has 1 fully saturated rings. The zero-order chi connectivity index (χ0) is 13.2. The molecule has 0 amide bonds. The lowest BCUT2D eigenvalue weighted by molar-refractivity contribution is 0.374. The van der Waals surface area contributed by atoms with Crippen molar-refractivity contribution in [2.45, 2.75) is 24.8 Å². The Balaban J connectivity index is 1.58. The number of hydrogen-bond donors (Lipinski definition) is 1. The van der Waals surface area contributed by atoms with Crippen LogP contribution in [-0.2, 0) is 0 Å². The van der Waals surface area contributed by atoms with E-state index in [9.17, 15) is 0 Å². The van der Waals surface area contributed by atoms with Crippen LogP contribution in [-0.4, -0.2) is 6.04 Å². The molecule has 0 heterocycles. The molecule has 0 aromatic heterocycles. The van der Waals surface area contributed by atoms with Crippen molar-refractivity contribution in [2.75, 3.05) is 5.32 Å². The first-order valence-corrected chi connectivity index (χ1v) is 7.94. The molecule has 3 heteroatoms. The second-order valence-corrected chi connectivity index (χ2v) is 6.76. The molecule has 0 radical (unpaired) electrons. The van der Waals surface area contributed by atoms with Gasteiger partial charge in [-0.15, -0.1) is 0 Å². The third kappa shape index (κ3) is 3.23. The second-order valence-electron chi connectivity index (χ2n) is 5.07. The predicted molar refractivity (Wildman–Crippen MR) is 90.0 cm³/mol. The first kappa shape index (κ1) is 13.3. The molecule has 0 bridgehead atoms. The topological polar surface area (TPSA) is 12.0 Å². The van der Waals surface area contributed by atoms with E-state index >= 15 is 0 Å². The third-order valence-electron chi connectivity index (χ3n) is 3.65. The molecule has 2 aromatic carbocycles. The van der Waals surface area contributed by atoms with Crippen LogP contribution in [0.25, 0.3) is 0 Å². The molecule has 0 atom stereocenters. The zero-order valence-electron chi connectivity index (χ0n) is 10.4. The number of rotatable bonds is 3. The Kier molecular flexibility index (Phi) is 3.99. The standard InChI is InChI=1S/C16H15ClIN/c17-13-4-1-3-11(7-13)12-8-16(9-12)19-15-6-2-5-14(18)10-15/h1-7,10,12,16,19H,8-9H2. The van der Waals surface area contributed by atoms with Crippen LogP contribution in [0, 0.1) is 3.57 Å². The van der Waals surface area contributed by atoms with Gasteiger partial charge in [-0.2, -0.15) is 0 Å². The summed E-state index contributed by atoms with van der Waals surface area (Å²) in [7, 11) is 0. The second kappa shape index (κ2) is 5.71. The van der Waals surface area contributed by atoms with E-state index < -0.39 is 0 Å². The molecule has 2 aromatic rings. The summed E-state index contributed by atoms with van der Waals surface area (Å²) in [5, 5.41) is 4.44. The van der Waals surface area contributed by atoms with E-state index in [-0.39, 0.29) is 0 Å². The SMILES string of the molecule is Clc1cccc(C2CC(Nc3cccc(I)c3)C2)c1. The number of anilines is 1. The molecule has 1 saturated carbocycles. The molecule has 1 nitrogen and oxygen atoms in total. The van der Waals surface area contributed by atoms with Gasteiger partial charge in [0.05, 0.1) is 0 Å². The fourth-order valence-corrected chi connectivity index (χ4v) is 3.32. The van der Waals surface area contributed by atoms with E-state index in [4.69, 9.17) is 11.6 Å². The summed E-state index contributed by atoms with van der Waals surface area (Å²) in [5.74, 6) is 0.652. The first-order chi connectivity index (χ1) is 9.20. The quantitative estimate of drug-likeness (QED) is 0.709. The average molecular weight is 384 g/mol. The Morgan fingerprint density at radius 2 is 1.84 bits per heavy atom. The highest BCUT2D eigenvalue weighted by Crippen LogP contribution is 2.39. The van der Waals surface area contributed by atoms with Crippen LogP contribution in [0.4, 0.5) is 5.69 Å². The minimum absolute atomic E-state index is 0.585. The Labute approximate surface area is 132 Å². The van der Waals surface area contributed by atoms with E-state index in [1.807, 2.05) is 12.1 Å². The number of hydrogen-bond acceptors (Lipinski definition) is 1. The van der Waals surface area contributed by atoms with Gasteiger partial charge < -0.3 is 5.32 Å². The van der Waals surface area contributed by atoms with Gasteiger partial charge in [0.1, 0.15) is 0 Å². The zero-order valence-corrected chi connectivity index (χ0v) is 13.4. The fourth-order valence-electron chi connectivity index (χ4n) is 2.58. The Morgan fingerprint density at radius 3 is 2.58 bits per heavy atom. The molecule has 98 valence electrons. The molecular weight excluding hydrogens is 369 g/mol. The van der Waals surface area contributed by atoms with Gasteiger partial charge in [0, 0.05) is 20.3 Å². The molecule has 0 unspecified atom stereocenters. The Bertz CT molecular complexity index is 578. The minimum atomic E-state index is 0.585. The lowest BCUT2D eigenvalue weighted by Gasteiger charge is -2.37. The summed E-state index contributed by atoms with van der Waals surface area (Å²) in [6.45, 7) is 0. The highest BCUT2D eigenvalue weighted by Gasteiger charge is 2.30. The highest BCUT2D eigenvalue weighted by molar-refractivity contribution is 14.1. The van der Waals surface area contributed by atoms with E-state index in [0.29, 0.717) is 12.0 Å². The van der Waals surface area contributed by atoms with Gasteiger partial charge in [0.25, 0.3) is 0 Å². The first-order valence-electron chi connectivity index (χ1n) is 6.48. The number of nitrogens with one attached hydrogen (secondary N) is 1. The van der Waals surface area contributed by atoms with Crippen LogP contribution in [0.15, 0.2) is 48.5 Å². The van der Waals surface area contributed by atoms with Crippen molar-refractivity contribution in [2.24, 2.45) is 0 Å². The van der Waals surface area contributed by atoms with Gasteiger partial charge in [-0.1, -0.05) is 29.8 Å². The van der Waals surface area contributed by atoms with Crippen LogP contribution in [0.3, 0.4) is 0 Å². The predicted octanol–water partition coefficient (Wildman–Crippen LogP) is 5.30. The summed E-state index contributed by atoms with van der Waals surface area (Å²) in [6.07, 6.45) is 2.37. The summed E-state index contributed by atoms with van der Waals surface area (Å²) in [5.41, 5.74) is 2.59. The van der Waals surface area contributed by atoms with Crippen molar-refractivity contribution in [3.05, 3.63) is 62.7 Å². The van der Waals surface area contributed by atoms with Gasteiger partial charge in [-0.05, 0) is 77.2 Å². The van der Waals surface area contributed by atoms with Crippen LogP contribution >= 0.6 is 34.2 Å². The monoisotopic (exact) mass is 383 g/mol. The van der Waals surface area contributed by atoms with Gasteiger partial charge in [0.15, 0.2) is 0 Å². The van der Waals surface area contributed by atoms with Gasteiger partial charge in [-0.25, -0.2) is 0 Å². The molecule has 0 saturated heterocycles. The molecule has 0 spiro atoms. The molecule has 1 aliphatic carbocycles. The third-order valence-corrected chi connectivity index (χ3v) is 4.56. The highest BCUT2D eigenvalue weighted by atomic mass is 127. The summed E-state index contributed by atoms with van der Waals surface area (Å²) in [4.78, 5) is 0. The van der Waals surface area contributed by atoms with Crippen molar-refractivity contribution in [1.82, 2.24) is 0 Å². The van der Waals surface area contributed by atoms with Crippen molar-refractivity contribution in [3.63, 3.8) is 0 Å². The van der Waals surface area contributed by atoms with Crippen molar-refractivity contribution in [3.8, 4) is 0 Å². The Morgan fingerprint density at radius 1 is 1.05 bits per heavy atom. The summed E-state index contributed by atoms with van der Waals surface area (Å²) < 4.78 is 1.27. The van der Waals surface area contributed by atoms with Crippen LogP contribution < -0.4 is 5.32 Å². The molecular formula is C16H15ClIN. The number of benzene rings is 2. The van der Waals surface area contributed by atoms with Gasteiger partial charge in [-0.3, -0.25) is 0 Å². The smallest absolute Gasteiger partial charge is 0.0408 e. The van der Waals surface area contributed by atoms with E-state index in [1.165, 1.54) is 27.7 Å². The maximum atomic E-state index is 6.04. The van der Waals surface area contributed by atoms with Gasteiger partial charge in [0.2, 0.25) is 0 Å². The fraction of sp³-hybridized carbons (Fsp3) is 0.250. The van der Waals surface area contributed by atoms with Crippen molar-refractivity contribution < 1.29 is 0 Å².